The van der Waals surface area contributed by atoms with Crippen molar-refractivity contribution in [3.8, 4) is 0 Å². The molecule has 0 saturated carbocycles. The normalized spacial score (nSPS) is 19.1. The summed E-state index contributed by atoms with van der Waals surface area (Å²) < 4.78 is 0. The van der Waals surface area contributed by atoms with E-state index in [1.165, 1.54) is 0 Å². The van der Waals surface area contributed by atoms with Crippen molar-refractivity contribution in [1.29, 1.82) is 0 Å². The summed E-state index contributed by atoms with van der Waals surface area (Å²) >= 11 is 0. The number of hydrogen-bond donors (Lipinski definition) is 1. The topological polar surface area (TPSA) is 49.2 Å². The molecule has 4 heteroatoms. The van der Waals surface area contributed by atoms with Crippen LogP contribution < -0.4 is 0 Å². The summed E-state index contributed by atoms with van der Waals surface area (Å²) in [5, 5.41) is 16.7. The molecule has 1 saturated heterocycles. The van der Waals surface area contributed by atoms with Crippen LogP contribution in [0.4, 0.5) is 0 Å². The van der Waals surface area contributed by atoms with Crippen molar-refractivity contribution in [1.82, 2.24) is 15.1 Å². The smallest absolute Gasteiger partial charge is 0.0794 e. The van der Waals surface area contributed by atoms with E-state index in [9.17, 15) is 0 Å². The first-order valence-electron chi connectivity index (χ1n) is 4.01. The van der Waals surface area contributed by atoms with Crippen molar-refractivity contribution in [3.63, 3.8) is 0 Å². The van der Waals surface area contributed by atoms with Crippen LogP contribution in [-0.2, 0) is 6.54 Å². The molecular weight excluding hydrogens is 154 g/mol. The Morgan fingerprint density at radius 3 is 3.00 bits per heavy atom. The van der Waals surface area contributed by atoms with Crippen molar-refractivity contribution in [3.05, 3.63) is 24.0 Å². The second kappa shape index (κ2) is 3.16. The lowest BCUT2D eigenvalue weighted by Crippen LogP contribution is -2.49. The molecule has 0 unspecified atom stereocenters. The predicted octanol–water partition coefficient (Wildman–Crippen LogP) is -0.347. The van der Waals surface area contributed by atoms with E-state index >= 15 is 0 Å². The molecule has 1 aliphatic heterocycles. The van der Waals surface area contributed by atoms with Crippen LogP contribution in [0.15, 0.2) is 18.3 Å². The molecule has 0 atom stereocenters. The van der Waals surface area contributed by atoms with Crippen LogP contribution in [0.25, 0.3) is 0 Å². The number of aliphatic hydroxyl groups excluding tert-OH is 1. The lowest BCUT2D eigenvalue weighted by Gasteiger charge is -2.35. The summed E-state index contributed by atoms with van der Waals surface area (Å²) in [6.45, 7) is 2.32. The zero-order chi connectivity index (χ0) is 8.39. The number of aliphatic hydroxyl groups is 1. The van der Waals surface area contributed by atoms with Crippen LogP contribution in [0.3, 0.4) is 0 Å². The van der Waals surface area contributed by atoms with Crippen molar-refractivity contribution in [2.45, 2.75) is 12.6 Å². The predicted molar refractivity (Wildman–Crippen MR) is 43.3 cm³/mol. The number of β-amino-alcohol motifs (C(OH)–C–C–N with tert-alkyl or cyclic N) is 1. The second-order valence-electron chi connectivity index (χ2n) is 3.06. The van der Waals surface area contributed by atoms with Crippen LogP contribution >= 0.6 is 0 Å². The Balaban J connectivity index is 1.88. The fourth-order valence-corrected chi connectivity index (χ4v) is 1.32. The Bertz CT molecular complexity index is 246. The Morgan fingerprint density at radius 2 is 2.42 bits per heavy atom. The van der Waals surface area contributed by atoms with Gasteiger partial charge in [0, 0.05) is 25.8 Å². The minimum Gasteiger partial charge on any atom is -0.390 e. The molecule has 0 amide bonds. The highest BCUT2D eigenvalue weighted by atomic mass is 16.3. The maximum absolute atomic E-state index is 9.02. The average Bonchev–Trinajstić information content (AvgIpc) is 2.04. The van der Waals surface area contributed by atoms with Gasteiger partial charge < -0.3 is 5.11 Å². The Labute approximate surface area is 70.8 Å². The fourth-order valence-electron chi connectivity index (χ4n) is 1.32. The van der Waals surface area contributed by atoms with E-state index in [1.54, 1.807) is 6.20 Å². The largest absolute Gasteiger partial charge is 0.390 e. The quantitative estimate of drug-likeness (QED) is 0.651. The molecule has 0 aliphatic carbocycles. The molecule has 12 heavy (non-hydrogen) atoms. The van der Waals surface area contributed by atoms with E-state index in [4.69, 9.17) is 5.11 Å². The minimum absolute atomic E-state index is 0.137. The molecule has 4 nitrogen and oxygen atoms in total. The highest BCUT2D eigenvalue weighted by molar-refractivity contribution is 5.00. The molecule has 1 aliphatic rings. The summed E-state index contributed by atoms with van der Waals surface area (Å²) in [5.41, 5.74) is 0.962. The van der Waals surface area contributed by atoms with Crippen molar-refractivity contribution in [2.24, 2.45) is 0 Å². The number of hydrogen-bond acceptors (Lipinski definition) is 4. The number of nitrogens with zero attached hydrogens (tertiary/aromatic N) is 3. The molecule has 1 aromatic heterocycles. The number of aromatic nitrogens is 2. The van der Waals surface area contributed by atoms with E-state index in [-0.39, 0.29) is 6.10 Å². The monoisotopic (exact) mass is 165 g/mol. The first-order chi connectivity index (χ1) is 5.84. The number of likely N-dealkylation sites (tertiary alicyclic amines) is 1. The van der Waals surface area contributed by atoms with Gasteiger partial charge in [-0.3, -0.25) is 4.90 Å². The van der Waals surface area contributed by atoms with E-state index in [0.29, 0.717) is 0 Å². The van der Waals surface area contributed by atoms with Crippen LogP contribution in [-0.4, -0.2) is 39.4 Å². The van der Waals surface area contributed by atoms with Crippen LogP contribution in [0.5, 0.6) is 0 Å². The zero-order valence-corrected chi connectivity index (χ0v) is 6.72. The first kappa shape index (κ1) is 7.64. The van der Waals surface area contributed by atoms with Gasteiger partial charge in [0.05, 0.1) is 11.8 Å². The van der Waals surface area contributed by atoms with Gasteiger partial charge in [0.2, 0.25) is 0 Å². The van der Waals surface area contributed by atoms with Gasteiger partial charge in [0.1, 0.15) is 0 Å². The lowest BCUT2D eigenvalue weighted by molar-refractivity contribution is -0.00367. The fraction of sp³-hybridized carbons (Fsp3) is 0.500. The summed E-state index contributed by atoms with van der Waals surface area (Å²) in [4.78, 5) is 2.13. The molecule has 1 N–H and O–H groups in total. The first-order valence-corrected chi connectivity index (χ1v) is 4.01. The van der Waals surface area contributed by atoms with Gasteiger partial charge in [-0.15, -0.1) is 0 Å². The van der Waals surface area contributed by atoms with Crippen LogP contribution in [0, 0.1) is 0 Å². The van der Waals surface area contributed by atoms with Crippen LogP contribution in [0.1, 0.15) is 5.69 Å². The molecule has 2 rings (SSSR count). The minimum atomic E-state index is -0.137. The molecule has 1 fully saturated rings. The third kappa shape index (κ3) is 1.60. The van der Waals surface area contributed by atoms with Gasteiger partial charge in [-0.1, -0.05) is 0 Å². The third-order valence-corrected chi connectivity index (χ3v) is 1.95. The van der Waals surface area contributed by atoms with Crippen molar-refractivity contribution in [2.75, 3.05) is 13.1 Å². The van der Waals surface area contributed by atoms with E-state index in [2.05, 4.69) is 15.1 Å². The molecule has 0 spiro atoms. The van der Waals surface area contributed by atoms with Crippen molar-refractivity contribution >= 4 is 0 Å². The van der Waals surface area contributed by atoms with E-state index < -0.39 is 0 Å². The third-order valence-electron chi connectivity index (χ3n) is 1.95. The molecule has 2 heterocycles. The van der Waals surface area contributed by atoms with Gasteiger partial charge in [0.15, 0.2) is 0 Å². The van der Waals surface area contributed by atoms with Gasteiger partial charge >= 0.3 is 0 Å². The van der Waals surface area contributed by atoms with Gasteiger partial charge in [-0.25, -0.2) is 0 Å². The Hall–Kier alpha value is -1.00. The summed E-state index contributed by atoms with van der Waals surface area (Å²) in [5.74, 6) is 0. The molecule has 0 aromatic carbocycles. The summed E-state index contributed by atoms with van der Waals surface area (Å²) in [6, 6.07) is 3.82. The SMILES string of the molecule is OC1CN(Cc2cccnn2)C1. The Morgan fingerprint density at radius 1 is 1.58 bits per heavy atom. The lowest BCUT2D eigenvalue weighted by atomic mass is 10.1. The maximum Gasteiger partial charge on any atom is 0.0794 e. The zero-order valence-electron chi connectivity index (χ0n) is 6.72. The highest BCUT2D eigenvalue weighted by Crippen LogP contribution is 2.10. The standard InChI is InChI=1S/C8H11N3O/c12-8-5-11(6-8)4-7-2-1-3-9-10-7/h1-3,8,12H,4-6H2. The van der Waals surface area contributed by atoms with Crippen LogP contribution in [0.2, 0.25) is 0 Å². The van der Waals surface area contributed by atoms with Gasteiger partial charge in [0.25, 0.3) is 0 Å². The molecule has 0 radical (unpaired) electrons. The second-order valence-corrected chi connectivity index (χ2v) is 3.06. The average molecular weight is 165 g/mol. The van der Waals surface area contributed by atoms with E-state index in [1.807, 2.05) is 12.1 Å². The molecular formula is C8H11N3O. The molecule has 0 bridgehead atoms. The van der Waals surface area contributed by atoms with Gasteiger partial charge in [-0.05, 0) is 12.1 Å². The van der Waals surface area contributed by atoms with Gasteiger partial charge in [-0.2, -0.15) is 10.2 Å². The molecule has 64 valence electrons. The van der Waals surface area contributed by atoms with E-state index in [0.717, 1.165) is 25.3 Å². The Kier molecular flexibility index (Phi) is 2.01. The molecule has 1 aromatic rings. The summed E-state index contributed by atoms with van der Waals surface area (Å²) in [6.07, 6.45) is 1.52. The summed E-state index contributed by atoms with van der Waals surface area (Å²) in [7, 11) is 0. The highest BCUT2D eigenvalue weighted by Gasteiger charge is 2.24. The number of rotatable bonds is 2. The van der Waals surface area contributed by atoms with Crippen molar-refractivity contribution < 1.29 is 5.11 Å². The maximum atomic E-state index is 9.02.